The highest BCUT2D eigenvalue weighted by molar-refractivity contribution is 9.10. The Labute approximate surface area is 185 Å². The predicted molar refractivity (Wildman–Crippen MR) is 116 cm³/mol. The Bertz CT molecular complexity index is 885. The van der Waals surface area contributed by atoms with Crippen LogP contribution in [0, 0.1) is 12.3 Å². The second-order valence-electron chi connectivity index (χ2n) is 8.11. The minimum absolute atomic E-state index is 0.127. The van der Waals surface area contributed by atoms with Crippen molar-refractivity contribution in [1.82, 2.24) is 9.80 Å². The van der Waals surface area contributed by atoms with E-state index >= 15 is 0 Å². The van der Waals surface area contributed by atoms with Crippen molar-refractivity contribution in [2.45, 2.75) is 51.6 Å². The van der Waals surface area contributed by atoms with Gasteiger partial charge in [-0.15, -0.1) is 12.3 Å². The van der Waals surface area contributed by atoms with Crippen LogP contribution in [0.25, 0.3) is 0 Å². The number of fused-ring (bicyclic) bond motifs is 1. The van der Waals surface area contributed by atoms with Gasteiger partial charge in [0.2, 0.25) is 0 Å². The van der Waals surface area contributed by atoms with Gasteiger partial charge in [-0.25, -0.2) is 4.79 Å². The number of nitrogens with zero attached hydrogens (tertiary/aromatic N) is 2. The molecule has 0 aromatic heterocycles. The molecule has 0 radical (unpaired) electrons. The Morgan fingerprint density at radius 3 is 2.57 bits per heavy atom. The summed E-state index contributed by atoms with van der Waals surface area (Å²) < 4.78 is 5.87. The van der Waals surface area contributed by atoms with Crippen LogP contribution in [-0.4, -0.2) is 58.4 Å². The molecule has 0 fully saturated rings. The van der Waals surface area contributed by atoms with Gasteiger partial charge in [-0.05, 0) is 72.8 Å². The highest BCUT2D eigenvalue weighted by atomic mass is 79.9. The van der Waals surface area contributed by atoms with Gasteiger partial charge in [0.1, 0.15) is 5.75 Å². The molecule has 0 spiro atoms. The number of carbonyl (C=O) groups excluding carboxylic acids is 2. The highest BCUT2D eigenvalue weighted by Gasteiger charge is 2.41. The summed E-state index contributed by atoms with van der Waals surface area (Å²) in [6.45, 7) is 5.94. The van der Waals surface area contributed by atoms with Crippen molar-refractivity contribution in [3.05, 3.63) is 27.7 Å². The number of rotatable bonds is 5. The zero-order valence-corrected chi connectivity index (χ0v) is 19.3. The van der Waals surface area contributed by atoms with Crippen molar-refractivity contribution in [3.63, 3.8) is 0 Å². The van der Waals surface area contributed by atoms with Crippen molar-refractivity contribution < 1.29 is 24.2 Å². The Balaban J connectivity index is 2.38. The number of carboxylic acids is 1. The molecule has 7 nitrogen and oxygen atoms in total. The maximum absolute atomic E-state index is 13.1. The molecular weight excluding hydrogens is 452 g/mol. The summed E-state index contributed by atoms with van der Waals surface area (Å²) in [6.07, 6.45) is 6.77. The van der Waals surface area contributed by atoms with Gasteiger partial charge in [-0.1, -0.05) is 0 Å². The number of hydrogen-bond acceptors (Lipinski definition) is 4. The summed E-state index contributed by atoms with van der Waals surface area (Å²) in [4.78, 5) is 41.0. The molecule has 1 N–H and O–H groups in total. The van der Waals surface area contributed by atoms with Gasteiger partial charge in [0.25, 0.3) is 0 Å². The maximum Gasteiger partial charge on any atom is 0.331 e. The molecule has 1 aromatic rings. The topological polar surface area (TPSA) is 87.2 Å². The lowest BCUT2D eigenvalue weighted by Crippen LogP contribution is -2.55. The van der Waals surface area contributed by atoms with Gasteiger partial charge in [-0.3, -0.25) is 9.59 Å². The summed E-state index contributed by atoms with van der Waals surface area (Å²) in [5.41, 5.74) is 0.641. The van der Waals surface area contributed by atoms with Crippen LogP contribution in [0.4, 0.5) is 0 Å². The van der Waals surface area contributed by atoms with E-state index in [1.165, 1.54) is 12.0 Å². The molecule has 0 saturated heterocycles. The second-order valence-corrected chi connectivity index (χ2v) is 8.96. The van der Waals surface area contributed by atoms with Crippen LogP contribution in [0.5, 0.6) is 5.75 Å². The van der Waals surface area contributed by atoms with Gasteiger partial charge in [0.05, 0.1) is 11.6 Å². The molecule has 1 aliphatic heterocycles. The lowest BCUT2D eigenvalue weighted by atomic mass is 9.92. The fourth-order valence-electron chi connectivity index (χ4n) is 3.58. The van der Waals surface area contributed by atoms with Crippen LogP contribution in [-0.2, 0) is 20.8 Å². The van der Waals surface area contributed by atoms with Crippen molar-refractivity contribution in [1.29, 1.82) is 0 Å². The Kier molecular flexibility index (Phi) is 7.54. The number of amides is 2. The van der Waals surface area contributed by atoms with Gasteiger partial charge in [0, 0.05) is 25.0 Å². The van der Waals surface area contributed by atoms with Crippen LogP contribution in [0.15, 0.2) is 16.6 Å². The molecule has 2 rings (SSSR count). The lowest BCUT2D eigenvalue weighted by molar-refractivity contribution is -0.160. The average Bonchev–Trinajstić information content (AvgIpc) is 2.67. The van der Waals surface area contributed by atoms with E-state index in [0.717, 1.165) is 10.5 Å². The second kappa shape index (κ2) is 9.52. The normalized spacial score (nSPS) is 15.7. The zero-order chi connectivity index (χ0) is 22.6. The third kappa shape index (κ3) is 4.96. The quantitative estimate of drug-likeness (QED) is 0.399. The van der Waals surface area contributed by atoms with Gasteiger partial charge >= 0.3 is 17.8 Å². The molecule has 0 saturated carbocycles. The molecule has 1 aliphatic rings. The summed E-state index contributed by atoms with van der Waals surface area (Å²) in [6, 6.07) is 2.16. The smallest absolute Gasteiger partial charge is 0.331 e. The predicted octanol–water partition coefficient (Wildman–Crippen LogP) is 3.01. The summed E-state index contributed by atoms with van der Waals surface area (Å²) in [7, 11) is 1.53. The van der Waals surface area contributed by atoms with Crippen molar-refractivity contribution >= 4 is 33.7 Å². The first kappa shape index (κ1) is 23.7. The van der Waals surface area contributed by atoms with Crippen molar-refractivity contribution in [2.24, 2.45) is 0 Å². The Morgan fingerprint density at radius 1 is 1.37 bits per heavy atom. The minimum atomic E-state index is -1.25. The van der Waals surface area contributed by atoms with E-state index in [1.54, 1.807) is 12.1 Å². The number of aliphatic carboxylic acids is 1. The van der Waals surface area contributed by atoms with E-state index in [9.17, 15) is 19.5 Å². The fourth-order valence-corrected chi connectivity index (χ4v) is 4.10. The van der Waals surface area contributed by atoms with Gasteiger partial charge in [-0.2, -0.15) is 0 Å². The third-order valence-corrected chi connectivity index (χ3v) is 5.70. The number of unbranched alkanes of at least 4 members (excludes halogenated alkanes) is 1. The molecular formula is C22H27BrN2O5. The third-order valence-electron chi connectivity index (χ3n) is 5.08. The zero-order valence-electron chi connectivity index (χ0n) is 17.7. The number of hydrogen-bond donors (Lipinski definition) is 1. The standard InChI is InChI=1S/C22H27BrN2O5/c1-6-7-8-10-25(22(2,3)4)20(27)19(26)24-11-9-14-12-17(30-5)16(23)13-15(14)18(24)21(28)29/h1,12-13,18H,7-11H2,2-5H3,(H,28,29). The van der Waals surface area contributed by atoms with E-state index in [1.807, 2.05) is 20.8 Å². The number of carboxylic acid groups (broad SMARTS) is 1. The van der Waals surface area contributed by atoms with E-state index in [0.29, 0.717) is 41.6 Å². The monoisotopic (exact) mass is 478 g/mol. The Morgan fingerprint density at radius 2 is 2.03 bits per heavy atom. The van der Waals surface area contributed by atoms with Crippen LogP contribution >= 0.6 is 15.9 Å². The van der Waals surface area contributed by atoms with Gasteiger partial charge in [0.15, 0.2) is 6.04 Å². The fraction of sp³-hybridized carbons (Fsp3) is 0.500. The molecule has 30 heavy (non-hydrogen) atoms. The molecule has 1 aromatic carbocycles. The molecule has 1 heterocycles. The van der Waals surface area contributed by atoms with E-state index in [4.69, 9.17) is 11.2 Å². The van der Waals surface area contributed by atoms with Crippen molar-refractivity contribution in [3.8, 4) is 18.1 Å². The molecule has 8 heteroatoms. The van der Waals surface area contributed by atoms with E-state index < -0.39 is 29.4 Å². The first-order valence-corrected chi connectivity index (χ1v) is 10.5. The highest BCUT2D eigenvalue weighted by Crippen LogP contribution is 2.37. The largest absolute Gasteiger partial charge is 0.496 e. The number of carbonyl (C=O) groups is 3. The molecule has 1 atom stereocenters. The summed E-state index contributed by atoms with van der Waals surface area (Å²) in [5.74, 6) is 0.377. The Hall–Kier alpha value is -2.53. The molecule has 162 valence electrons. The van der Waals surface area contributed by atoms with E-state index in [-0.39, 0.29) is 6.54 Å². The number of halogens is 1. The molecule has 1 unspecified atom stereocenters. The van der Waals surface area contributed by atoms with Crippen molar-refractivity contribution in [2.75, 3.05) is 20.2 Å². The van der Waals surface area contributed by atoms with Crippen LogP contribution < -0.4 is 4.74 Å². The van der Waals surface area contributed by atoms with Gasteiger partial charge < -0.3 is 19.6 Å². The number of ether oxygens (including phenoxy) is 1. The lowest BCUT2D eigenvalue weighted by Gasteiger charge is -2.39. The van der Waals surface area contributed by atoms with Crippen LogP contribution in [0.3, 0.4) is 0 Å². The first-order valence-electron chi connectivity index (χ1n) is 9.68. The number of benzene rings is 1. The molecule has 0 bridgehead atoms. The minimum Gasteiger partial charge on any atom is -0.496 e. The van der Waals surface area contributed by atoms with Crippen LogP contribution in [0.1, 0.15) is 50.8 Å². The summed E-state index contributed by atoms with van der Waals surface area (Å²) >= 11 is 3.37. The van der Waals surface area contributed by atoms with Crippen LogP contribution in [0.2, 0.25) is 0 Å². The van der Waals surface area contributed by atoms with E-state index in [2.05, 4.69) is 21.9 Å². The average molecular weight is 479 g/mol. The maximum atomic E-state index is 13.1. The SMILES string of the molecule is C#CCCCN(C(=O)C(=O)N1CCc2cc(OC)c(Br)cc2C1C(=O)O)C(C)(C)C. The molecule has 2 amide bonds. The number of methoxy groups -OCH3 is 1. The summed E-state index contributed by atoms with van der Waals surface area (Å²) in [5, 5.41) is 9.89. The number of terminal acetylenes is 1. The first-order chi connectivity index (χ1) is 14.0. The molecule has 0 aliphatic carbocycles.